The van der Waals surface area contributed by atoms with Crippen molar-refractivity contribution >= 4 is 27.0 Å². The Morgan fingerprint density at radius 1 is 1.12 bits per heavy atom. The number of esters is 1. The van der Waals surface area contributed by atoms with Crippen molar-refractivity contribution in [2.75, 3.05) is 13.1 Å². The number of carbonyl (C=O) groups excluding carboxylic acids is 1. The normalized spacial score (nSPS) is 15.9. The molecular weight excluding hydrogens is 466 g/mol. The number of benzene rings is 2. The predicted octanol–water partition coefficient (Wildman–Crippen LogP) is 3.85. The van der Waals surface area contributed by atoms with Crippen molar-refractivity contribution in [1.82, 2.24) is 13.9 Å². The molecule has 1 aromatic heterocycles. The highest BCUT2D eigenvalue weighted by molar-refractivity contribution is 7.89. The maximum absolute atomic E-state index is 13.9. The molecule has 12 heteroatoms. The van der Waals surface area contributed by atoms with Crippen LogP contribution in [0.25, 0.3) is 11.0 Å². The molecule has 7 nitrogen and oxygen atoms in total. The fraction of sp³-hybridized carbons (Fsp3) is 0.333. The number of carbonyl (C=O) groups is 1. The van der Waals surface area contributed by atoms with Crippen LogP contribution in [-0.4, -0.2) is 41.3 Å². The molecule has 1 saturated heterocycles. The predicted molar refractivity (Wildman–Crippen MR) is 109 cm³/mol. The summed E-state index contributed by atoms with van der Waals surface area (Å²) < 4.78 is 86.5. The Bertz CT molecular complexity index is 1290. The van der Waals surface area contributed by atoms with Crippen molar-refractivity contribution in [2.45, 2.75) is 30.9 Å². The van der Waals surface area contributed by atoms with Crippen LogP contribution in [-0.2, 0) is 26.2 Å². The second kappa shape index (κ2) is 9.10. The van der Waals surface area contributed by atoms with Gasteiger partial charge in [-0.25, -0.2) is 22.2 Å². The van der Waals surface area contributed by atoms with Gasteiger partial charge in [-0.1, -0.05) is 12.1 Å². The highest BCUT2D eigenvalue weighted by atomic mass is 32.2. The van der Waals surface area contributed by atoms with Gasteiger partial charge in [0.2, 0.25) is 10.0 Å². The van der Waals surface area contributed by atoms with Gasteiger partial charge in [-0.3, -0.25) is 9.36 Å². The largest absolute Gasteiger partial charge is 0.457 e. The number of fused-ring (bicyclic) bond motifs is 1. The first-order valence-electron chi connectivity index (χ1n) is 10.0. The maximum atomic E-state index is 13.9. The summed E-state index contributed by atoms with van der Waals surface area (Å²) in [5.74, 6) is -3.40. The molecule has 0 bridgehead atoms. The van der Waals surface area contributed by atoms with E-state index in [1.165, 1.54) is 6.07 Å². The molecule has 1 aliphatic rings. The van der Waals surface area contributed by atoms with E-state index in [-0.39, 0.29) is 37.3 Å². The molecule has 4 rings (SSSR count). The minimum atomic E-state index is -4.28. The highest BCUT2D eigenvalue weighted by Crippen LogP contribution is 2.28. The zero-order valence-electron chi connectivity index (χ0n) is 17.1. The number of ether oxygens (including phenoxy) is 1. The molecule has 1 aliphatic heterocycles. The van der Waals surface area contributed by atoms with Crippen molar-refractivity contribution in [2.24, 2.45) is 5.92 Å². The minimum absolute atomic E-state index is 0.0836. The van der Waals surface area contributed by atoms with Gasteiger partial charge in [0, 0.05) is 13.1 Å². The Balaban J connectivity index is 1.40. The minimum Gasteiger partial charge on any atom is -0.457 e. The average Bonchev–Trinajstić information content (AvgIpc) is 3.17. The standard InChI is InChI=1S/C21H19F4N3O4S/c22-14-5-6-15(23)18(11-14)33(30,31)27-9-7-13(8-10-27)20(29)32-12-19-26-16-3-1-2-4-17(16)28(19)21(24)25/h1-6,11,13,21H,7-10,12H2. The van der Waals surface area contributed by atoms with Gasteiger partial charge >= 0.3 is 12.5 Å². The molecule has 0 unspecified atom stereocenters. The van der Waals surface area contributed by atoms with Gasteiger partial charge in [0.05, 0.1) is 17.0 Å². The van der Waals surface area contributed by atoms with Gasteiger partial charge < -0.3 is 4.74 Å². The molecule has 176 valence electrons. The van der Waals surface area contributed by atoms with Crippen LogP contribution in [0.15, 0.2) is 47.4 Å². The second-order valence-corrected chi connectivity index (χ2v) is 9.43. The van der Waals surface area contributed by atoms with Gasteiger partial charge in [0.1, 0.15) is 23.1 Å². The molecule has 0 spiro atoms. The molecule has 2 aromatic carbocycles. The molecule has 33 heavy (non-hydrogen) atoms. The zero-order valence-corrected chi connectivity index (χ0v) is 17.9. The van der Waals surface area contributed by atoms with Crippen molar-refractivity contribution in [1.29, 1.82) is 0 Å². The van der Waals surface area contributed by atoms with E-state index in [2.05, 4.69) is 4.98 Å². The van der Waals surface area contributed by atoms with Crippen molar-refractivity contribution in [3.05, 3.63) is 59.9 Å². The smallest absolute Gasteiger partial charge is 0.320 e. The fourth-order valence-electron chi connectivity index (χ4n) is 3.81. The molecule has 0 atom stereocenters. The van der Waals surface area contributed by atoms with Crippen LogP contribution >= 0.6 is 0 Å². The number of hydrogen-bond acceptors (Lipinski definition) is 5. The third-order valence-corrected chi connectivity index (χ3v) is 7.42. The topological polar surface area (TPSA) is 81.5 Å². The van der Waals surface area contributed by atoms with Crippen molar-refractivity contribution in [3.63, 3.8) is 0 Å². The molecule has 2 heterocycles. The number of halogens is 4. The van der Waals surface area contributed by atoms with E-state index < -0.39 is 51.6 Å². The number of hydrogen-bond donors (Lipinski definition) is 0. The van der Waals surface area contributed by atoms with Crippen LogP contribution in [0.2, 0.25) is 0 Å². The van der Waals surface area contributed by atoms with Crippen LogP contribution in [0.1, 0.15) is 25.2 Å². The first-order valence-corrected chi connectivity index (χ1v) is 11.5. The van der Waals surface area contributed by atoms with E-state index in [9.17, 15) is 30.8 Å². The van der Waals surface area contributed by atoms with Crippen LogP contribution in [0, 0.1) is 17.6 Å². The third kappa shape index (κ3) is 4.58. The van der Waals surface area contributed by atoms with Crippen LogP contribution in [0.4, 0.5) is 17.6 Å². The van der Waals surface area contributed by atoms with Crippen LogP contribution in [0.5, 0.6) is 0 Å². The number of para-hydroxylation sites is 2. The number of nitrogens with zero attached hydrogens (tertiary/aromatic N) is 3. The molecule has 0 amide bonds. The van der Waals surface area contributed by atoms with Crippen LogP contribution in [0.3, 0.4) is 0 Å². The summed E-state index contributed by atoms with van der Waals surface area (Å²) in [5, 5.41) is 0. The number of aromatic nitrogens is 2. The summed E-state index contributed by atoms with van der Waals surface area (Å²) in [6.07, 6.45) is 0.167. The molecular formula is C21H19F4N3O4S. The van der Waals surface area contributed by atoms with E-state index in [1.807, 2.05) is 0 Å². The third-order valence-electron chi connectivity index (χ3n) is 5.51. The van der Waals surface area contributed by atoms with Gasteiger partial charge in [0.25, 0.3) is 0 Å². The fourth-order valence-corrected chi connectivity index (χ4v) is 5.36. The lowest BCUT2D eigenvalue weighted by Crippen LogP contribution is -2.40. The summed E-state index contributed by atoms with van der Waals surface area (Å²) in [5.41, 5.74) is 0.550. The Labute approximate surface area is 186 Å². The first-order chi connectivity index (χ1) is 15.7. The summed E-state index contributed by atoms with van der Waals surface area (Å²) in [6.45, 7) is -3.55. The Morgan fingerprint density at radius 3 is 2.52 bits per heavy atom. The quantitative estimate of drug-likeness (QED) is 0.391. The van der Waals surface area contributed by atoms with E-state index in [0.29, 0.717) is 16.2 Å². The molecule has 0 aliphatic carbocycles. The monoisotopic (exact) mass is 485 g/mol. The molecule has 1 fully saturated rings. The molecule has 0 N–H and O–H groups in total. The summed E-state index contributed by atoms with van der Waals surface area (Å²) in [4.78, 5) is 15.8. The number of sulfonamides is 1. The summed E-state index contributed by atoms with van der Waals surface area (Å²) >= 11 is 0. The van der Waals surface area contributed by atoms with E-state index in [4.69, 9.17) is 4.74 Å². The second-order valence-electron chi connectivity index (χ2n) is 7.53. The highest BCUT2D eigenvalue weighted by Gasteiger charge is 2.34. The molecule has 0 saturated carbocycles. The summed E-state index contributed by atoms with van der Waals surface area (Å²) in [6, 6.07) is 8.46. The number of rotatable bonds is 6. The van der Waals surface area contributed by atoms with Gasteiger partial charge in [-0.05, 0) is 43.2 Å². The maximum Gasteiger partial charge on any atom is 0.320 e. The van der Waals surface area contributed by atoms with Crippen molar-refractivity contribution < 1.29 is 35.5 Å². The lowest BCUT2D eigenvalue weighted by molar-refractivity contribution is -0.151. The number of piperidine rings is 1. The van der Waals surface area contributed by atoms with E-state index >= 15 is 0 Å². The van der Waals surface area contributed by atoms with E-state index in [1.54, 1.807) is 18.2 Å². The average molecular weight is 485 g/mol. The number of imidazole rings is 1. The lowest BCUT2D eigenvalue weighted by atomic mass is 9.98. The van der Waals surface area contributed by atoms with Gasteiger partial charge in [-0.15, -0.1) is 0 Å². The first kappa shape index (κ1) is 23.2. The van der Waals surface area contributed by atoms with Crippen molar-refractivity contribution in [3.8, 4) is 0 Å². The zero-order chi connectivity index (χ0) is 23.8. The van der Waals surface area contributed by atoms with Gasteiger partial charge in [0.15, 0.2) is 5.82 Å². The SMILES string of the molecule is O=C(OCc1nc2ccccc2n1C(F)F)C1CCN(S(=O)(=O)c2cc(F)ccc2F)CC1. The Morgan fingerprint density at radius 2 is 1.82 bits per heavy atom. The molecule has 0 radical (unpaired) electrons. The van der Waals surface area contributed by atoms with E-state index in [0.717, 1.165) is 16.4 Å². The summed E-state index contributed by atoms with van der Waals surface area (Å²) in [7, 11) is -4.28. The van der Waals surface area contributed by atoms with Crippen LogP contribution < -0.4 is 0 Å². The van der Waals surface area contributed by atoms with Gasteiger partial charge in [-0.2, -0.15) is 13.1 Å². The lowest BCUT2D eigenvalue weighted by Gasteiger charge is -2.30. The Hall–Kier alpha value is -2.99. The molecule has 3 aromatic rings. The number of alkyl halides is 2. The Kier molecular flexibility index (Phi) is 6.39.